The zero-order valence-electron chi connectivity index (χ0n) is 10.3. The number of hydrogen-bond donors (Lipinski definition) is 2. The van der Waals surface area contributed by atoms with Crippen LogP contribution < -0.4 is 11.2 Å². The van der Waals surface area contributed by atoms with Gasteiger partial charge in [0, 0.05) is 0 Å². The van der Waals surface area contributed by atoms with Crippen LogP contribution in [0.3, 0.4) is 0 Å². The summed E-state index contributed by atoms with van der Waals surface area (Å²) in [5.41, 5.74) is 9.18. The highest BCUT2D eigenvalue weighted by molar-refractivity contribution is 5.80. The molecule has 0 aromatic heterocycles. The number of amides is 1. The van der Waals surface area contributed by atoms with Crippen molar-refractivity contribution in [1.82, 2.24) is 5.48 Å². The maximum atomic E-state index is 11.6. The molecule has 0 bridgehead atoms. The van der Waals surface area contributed by atoms with Crippen LogP contribution >= 0.6 is 0 Å². The number of nitrogens with one attached hydrogen (secondary N) is 1. The molecule has 1 atom stereocenters. The average molecular weight is 236 g/mol. The third kappa shape index (κ3) is 5.47. The lowest BCUT2D eigenvalue weighted by Gasteiger charge is -2.13. The number of carbonyl (C=O) groups excluding carboxylic acids is 1. The summed E-state index contributed by atoms with van der Waals surface area (Å²) >= 11 is 0. The molecule has 17 heavy (non-hydrogen) atoms. The lowest BCUT2D eigenvalue weighted by molar-refractivity contribution is -0.135. The van der Waals surface area contributed by atoms with Gasteiger partial charge in [0.1, 0.15) is 0 Å². The van der Waals surface area contributed by atoms with Crippen LogP contribution in [0.1, 0.15) is 19.4 Å². The zero-order valence-corrected chi connectivity index (χ0v) is 10.3. The Morgan fingerprint density at radius 3 is 2.59 bits per heavy atom. The topological polar surface area (TPSA) is 64.3 Å². The Kier molecular flexibility index (Phi) is 5.66. The van der Waals surface area contributed by atoms with Gasteiger partial charge in [0.25, 0.3) is 5.91 Å². The fraction of sp³-hybridized carbons (Fsp3) is 0.462. The first-order chi connectivity index (χ1) is 8.09. The van der Waals surface area contributed by atoms with E-state index in [1.54, 1.807) is 0 Å². The van der Waals surface area contributed by atoms with Crippen molar-refractivity contribution in [2.45, 2.75) is 26.3 Å². The first-order valence-corrected chi connectivity index (χ1v) is 5.80. The Balaban J connectivity index is 2.32. The molecule has 1 aromatic carbocycles. The molecule has 0 saturated carbocycles. The highest BCUT2D eigenvalue weighted by Crippen LogP contribution is 2.01. The lowest BCUT2D eigenvalue weighted by atomic mass is 10.1. The van der Waals surface area contributed by atoms with Gasteiger partial charge in [0.2, 0.25) is 0 Å². The molecular formula is C13H20N2O2. The smallest absolute Gasteiger partial charge is 0.260 e. The molecule has 1 rings (SSSR count). The molecule has 0 heterocycles. The van der Waals surface area contributed by atoms with Crippen LogP contribution in [0.4, 0.5) is 0 Å². The summed E-state index contributed by atoms with van der Waals surface area (Å²) in [6, 6.07) is 9.10. The second kappa shape index (κ2) is 7.04. The fourth-order valence-corrected chi connectivity index (χ4v) is 1.32. The summed E-state index contributed by atoms with van der Waals surface area (Å²) in [5, 5.41) is 0. The molecule has 0 aliphatic carbocycles. The Bertz CT molecular complexity index is 339. The van der Waals surface area contributed by atoms with Gasteiger partial charge in [-0.2, -0.15) is 0 Å². The number of benzene rings is 1. The number of carbonyl (C=O) groups is 1. The summed E-state index contributed by atoms with van der Waals surface area (Å²) in [4.78, 5) is 16.6. The molecule has 3 N–H and O–H groups in total. The van der Waals surface area contributed by atoms with Crippen molar-refractivity contribution in [2.24, 2.45) is 11.7 Å². The van der Waals surface area contributed by atoms with Crippen molar-refractivity contribution in [3.63, 3.8) is 0 Å². The van der Waals surface area contributed by atoms with Gasteiger partial charge in [-0.25, -0.2) is 5.48 Å². The van der Waals surface area contributed by atoms with Crippen molar-refractivity contribution in [1.29, 1.82) is 0 Å². The van der Waals surface area contributed by atoms with Crippen molar-refractivity contribution in [3.05, 3.63) is 35.9 Å². The molecule has 4 heteroatoms. The van der Waals surface area contributed by atoms with Gasteiger partial charge in [-0.1, -0.05) is 44.2 Å². The molecule has 0 fully saturated rings. The van der Waals surface area contributed by atoms with Crippen LogP contribution in [0, 0.1) is 5.92 Å². The minimum absolute atomic E-state index is 0.283. The van der Waals surface area contributed by atoms with E-state index in [0.29, 0.717) is 18.9 Å². The summed E-state index contributed by atoms with van der Waals surface area (Å²) in [7, 11) is 0. The molecule has 1 aromatic rings. The number of hydrogen-bond acceptors (Lipinski definition) is 3. The standard InChI is InChI=1S/C13H20N2O2/c1-10(2)9-17-15-13(16)12(14)8-11-6-4-3-5-7-11/h3-7,10,12H,8-9,14H2,1-2H3,(H,15,16). The van der Waals surface area contributed by atoms with Gasteiger partial charge >= 0.3 is 0 Å². The van der Waals surface area contributed by atoms with Gasteiger partial charge < -0.3 is 5.73 Å². The highest BCUT2D eigenvalue weighted by Gasteiger charge is 2.13. The van der Waals surface area contributed by atoms with E-state index in [1.165, 1.54) is 0 Å². The van der Waals surface area contributed by atoms with Crippen molar-refractivity contribution < 1.29 is 9.63 Å². The molecule has 0 aliphatic rings. The van der Waals surface area contributed by atoms with Crippen molar-refractivity contribution in [2.75, 3.05) is 6.61 Å². The molecule has 4 nitrogen and oxygen atoms in total. The van der Waals surface area contributed by atoms with Crippen LogP contribution in [-0.4, -0.2) is 18.6 Å². The van der Waals surface area contributed by atoms with Gasteiger partial charge in [0.15, 0.2) is 0 Å². The second-order valence-electron chi connectivity index (χ2n) is 4.47. The Labute approximate surface area is 102 Å². The van der Waals surface area contributed by atoms with Crippen LogP contribution in [0.5, 0.6) is 0 Å². The largest absolute Gasteiger partial charge is 0.320 e. The minimum atomic E-state index is -0.579. The van der Waals surface area contributed by atoms with E-state index < -0.39 is 6.04 Å². The predicted octanol–water partition coefficient (Wildman–Crippen LogP) is 1.26. The van der Waals surface area contributed by atoms with E-state index >= 15 is 0 Å². The van der Waals surface area contributed by atoms with Crippen LogP contribution in [0.15, 0.2) is 30.3 Å². The second-order valence-corrected chi connectivity index (χ2v) is 4.47. The van der Waals surface area contributed by atoms with E-state index in [4.69, 9.17) is 10.6 Å². The molecule has 0 spiro atoms. The van der Waals surface area contributed by atoms with E-state index in [0.717, 1.165) is 5.56 Å². The lowest BCUT2D eigenvalue weighted by Crippen LogP contribution is -2.42. The van der Waals surface area contributed by atoms with Gasteiger partial charge in [-0.15, -0.1) is 0 Å². The third-order valence-corrected chi connectivity index (χ3v) is 2.22. The molecule has 1 unspecified atom stereocenters. The summed E-state index contributed by atoms with van der Waals surface area (Å²) in [5.74, 6) is 0.0927. The molecule has 94 valence electrons. The first-order valence-electron chi connectivity index (χ1n) is 5.80. The SMILES string of the molecule is CC(C)CONC(=O)C(N)Cc1ccccc1. The van der Waals surface area contributed by atoms with E-state index in [-0.39, 0.29) is 5.91 Å². The maximum absolute atomic E-state index is 11.6. The fourth-order valence-electron chi connectivity index (χ4n) is 1.32. The maximum Gasteiger partial charge on any atom is 0.260 e. The van der Waals surface area contributed by atoms with E-state index in [1.807, 2.05) is 44.2 Å². The molecule has 1 amide bonds. The quantitative estimate of drug-likeness (QED) is 0.731. The van der Waals surface area contributed by atoms with Gasteiger partial charge in [0.05, 0.1) is 12.6 Å². The number of hydroxylamine groups is 1. The Morgan fingerprint density at radius 1 is 1.35 bits per heavy atom. The monoisotopic (exact) mass is 236 g/mol. The van der Waals surface area contributed by atoms with Crippen LogP contribution in [0.25, 0.3) is 0 Å². The van der Waals surface area contributed by atoms with Crippen LogP contribution in [-0.2, 0) is 16.1 Å². The number of nitrogens with two attached hydrogens (primary N) is 1. The van der Waals surface area contributed by atoms with Crippen molar-refractivity contribution in [3.8, 4) is 0 Å². The minimum Gasteiger partial charge on any atom is -0.320 e. The van der Waals surface area contributed by atoms with Crippen LogP contribution in [0.2, 0.25) is 0 Å². The molecular weight excluding hydrogens is 216 g/mol. The average Bonchev–Trinajstić information content (AvgIpc) is 2.29. The van der Waals surface area contributed by atoms with E-state index in [9.17, 15) is 4.79 Å². The Morgan fingerprint density at radius 2 is 2.00 bits per heavy atom. The summed E-state index contributed by atoms with van der Waals surface area (Å²) in [6.07, 6.45) is 0.512. The molecule has 0 saturated heterocycles. The first kappa shape index (κ1) is 13.7. The normalized spacial score (nSPS) is 12.5. The van der Waals surface area contributed by atoms with Gasteiger partial charge in [-0.3, -0.25) is 9.63 Å². The Hall–Kier alpha value is -1.39. The predicted molar refractivity (Wildman–Crippen MR) is 67.1 cm³/mol. The van der Waals surface area contributed by atoms with Crippen molar-refractivity contribution >= 4 is 5.91 Å². The molecule has 0 aliphatic heterocycles. The summed E-state index contributed by atoms with van der Waals surface area (Å²) < 4.78 is 0. The number of rotatable bonds is 6. The molecule has 0 radical (unpaired) electrons. The highest BCUT2D eigenvalue weighted by atomic mass is 16.7. The summed E-state index contributed by atoms with van der Waals surface area (Å²) in [6.45, 7) is 4.51. The van der Waals surface area contributed by atoms with E-state index in [2.05, 4.69) is 5.48 Å². The third-order valence-electron chi connectivity index (χ3n) is 2.22. The van der Waals surface area contributed by atoms with Gasteiger partial charge in [-0.05, 0) is 17.9 Å². The zero-order chi connectivity index (χ0) is 12.7.